The largest absolute Gasteiger partial charge is 0.467 e. The number of aromatic nitrogens is 2. The first-order valence-corrected chi connectivity index (χ1v) is 8.55. The van der Waals surface area contributed by atoms with Crippen molar-refractivity contribution in [3.63, 3.8) is 0 Å². The van der Waals surface area contributed by atoms with Gasteiger partial charge in [0, 0.05) is 31.2 Å². The molecule has 0 aliphatic rings. The Bertz CT molecular complexity index is 693. The second kappa shape index (κ2) is 8.20. The van der Waals surface area contributed by atoms with E-state index >= 15 is 0 Å². The Labute approximate surface area is 148 Å². The molecule has 0 saturated carbocycles. The fourth-order valence-corrected chi connectivity index (χ4v) is 2.95. The molecule has 2 rings (SSSR count). The van der Waals surface area contributed by atoms with Crippen LogP contribution in [0.5, 0.6) is 0 Å². The second-order valence-corrected chi connectivity index (χ2v) is 6.66. The van der Waals surface area contributed by atoms with Gasteiger partial charge in [-0.05, 0) is 51.8 Å². The quantitative estimate of drug-likeness (QED) is 0.716. The third-order valence-corrected chi connectivity index (χ3v) is 4.37. The minimum atomic E-state index is -0.733. The van der Waals surface area contributed by atoms with Crippen LogP contribution in [0.2, 0.25) is 0 Å². The molecule has 0 aliphatic heterocycles. The lowest BCUT2D eigenvalue weighted by Gasteiger charge is -2.20. The van der Waals surface area contributed by atoms with Crippen molar-refractivity contribution in [1.82, 2.24) is 20.4 Å². The summed E-state index contributed by atoms with van der Waals surface area (Å²) >= 11 is 0. The van der Waals surface area contributed by atoms with E-state index in [2.05, 4.69) is 15.7 Å². The number of nitrogens with one attached hydrogen (secondary N) is 2. The van der Waals surface area contributed by atoms with Crippen LogP contribution in [-0.2, 0) is 13.5 Å². The number of aryl methyl sites for hydroxylation is 2. The number of aliphatic hydroxyl groups excluding tert-OH is 1. The number of urea groups is 1. The molecular weight excluding hydrogens is 320 g/mol. The maximum absolute atomic E-state index is 12.1. The molecule has 0 fully saturated rings. The van der Waals surface area contributed by atoms with Crippen LogP contribution in [0.3, 0.4) is 0 Å². The van der Waals surface area contributed by atoms with Crippen molar-refractivity contribution in [3.05, 3.63) is 41.1 Å². The average molecular weight is 348 g/mol. The van der Waals surface area contributed by atoms with E-state index in [4.69, 9.17) is 4.42 Å². The first-order valence-electron chi connectivity index (χ1n) is 8.55. The van der Waals surface area contributed by atoms with Crippen molar-refractivity contribution < 1.29 is 14.3 Å². The molecule has 2 amide bonds. The third-order valence-electron chi connectivity index (χ3n) is 4.37. The van der Waals surface area contributed by atoms with Gasteiger partial charge in [-0.25, -0.2) is 4.79 Å². The Balaban J connectivity index is 1.80. The predicted octanol–water partition coefficient (Wildman–Crippen LogP) is 2.37. The summed E-state index contributed by atoms with van der Waals surface area (Å²) in [6, 6.07) is 3.00. The Kier molecular flexibility index (Phi) is 6.25. The molecule has 3 N–H and O–H groups in total. The number of furan rings is 1. The number of aliphatic hydroxyl groups is 1. The summed E-state index contributed by atoms with van der Waals surface area (Å²) in [5.41, 5.74) is 3.27. The molecule has 0 spiro atoms. The van der Waals surface area contributed by atoms with Crippen molar-refractivity contribution in [2.24, 2.45) is 7.05 Å². The van der Waals surface area contributed by atoms with Crippen molar-refractivity contribution in [2.75, 3.05) is 0 Å². The third kappa shape index (κ3) is 5.09. The van der Waals surface area contributed by atoms with Gasteiger partial charge in [-0.15, -0.1) is 0 Å². The molecule has 0 aliphatic carbocycles. The summed E-state index contributed by atoms with van der Waals surface area (Å²) in [7, 11) is 1.92. The molecule has 3 atom stereocenters. The van der Waals surface area contributed by atoms with Crippen LogP contribution in [0.1, 0.15) is 49.1 Å². The summed E-state index contributed by atoms with van der Waals surface area (Å²) in [6.07, 6.45) is 1.90. The zero-order valence-electron chi connectivity index (χ0n) is 15.5. The van der Waals surface area contributed by atoms with Crippen LogP contribution in [0.4, 0.5) is 4.79 Å². The lowest BCUT2D eigenvalue weighted by atomic mass is 10.1. The number of nitrogens with zero attached hydrogens (tertiary/aromatic N) is 2. The molecule has 0 bridgehead atoms. The number of hydrogen-bond acceptors (Lipinski definition) is 4. The summed E-state index contributed by atoms with van der Waals surface area (Å²) in [5, 5.41) is 20.2. The molecule has 0 radical (unpaired) electrons. The fourth-order valence-electron chi connectivity index (χ4n) is 2.95. The van der Waals surface area contributed by atoms with Crippen molar-refractivity contribution in [3.8, 4) is 0 Å². The van der Waals surface area contributed by atoms with E-state index in [1.807, 2.05) is 39.4 Å². The SMILES string of the molecule is Cc1nn(C)c(C)c1CC(C)NC(=O)NC(C)CC(O)c1ccco1. The molecule has 2 aromatic rings. The first-order chi connectivity index (χ1) is 11.8. The van der Waals surface area contributed by atoms with Gasteiger partial charge in [0.1, 0.15) is 11.9 Å². The standard InChI is InChI=1S/C18H28N4O3/c1-11(9-15-13(3)21-22(5)14(15)4)19-18(24)20-12(2)10-16(23)17-7-6-8-25-17/h6-8,11-12,16,23H,9-10H2,1-5H3,(H2,19,20,24). The molecule has 7 heteroatoms. The van der Waals surface area contributed by atoms with Gasteiger partial charge < -0.3 is 20.2 Å². The highest BCUT2D eigenvalue weighted by Gasteiger charge is 2.18. The van der Waals surface area contributed by atoms with Crippen LogP contribution >= 0.6 is 0 Å². The van der Waals surface area contributed by atoms with Crippen LogP contribution in [0, 0.1) is 13.8 Å². The summed E-state index contributed by atoms with van der Waals surface area (Å²) in [5.74, 6) is 0.505. The Morgan fingerprint density at radius 1 is 1.32 bits per heavy atom. The molecular formula is C18H28N4O3. The Hall–Kier alpha value is -2.28. The van der Waals surface area contributed by atoms with E-state index in [9.17, 15) is 9.90 Å². The number of hydrogen-bond donors (Lipinski definition) is 3. The minimum Gasteiger partial charge on any atom is -0.467 e. The van der Waals surface area contributed by atoms with Crippen molar-refractivity contribution >= 4 is 6.03 Å². The Morgan fingerprint density at radius 2 is 2.00 bits per heavy atom. The number of amides is 2. The highest BCUT2D eigenvalue weighted by molar-refractivity contribution is 5.74. The number of carbonyl (C=O) groups excluding carboxylic acids is 1. The molecule has 2 heterocycles. The van der Waals surface area contributed by atoms with Crippen LogP contribution < -0.4 is 10.6 Å². The highest BCUT2D eigenvalue weighted by Crippen LogP contribution is 2.18. The van der Waals surface area contributed by atoms with E-state index in [0.29, 0.717) is 12.2 Å². The van der Waals surface area contributed by atoms with E-state index in [1.165, 1.54) is 6.26 Å². The predicted molar refractivity (Wildman–Crippen MR) is 95.3 cm³/mol. The highest BCUT2D eigenvalue weighted by atomic mass is 16.4. The second-order valence-electron chi connectivity index (χ2n) is 6.66. The first kappa shape index (κ1) is 19.1. The van der Waals surface area contributed by atoms with Gasteiger partial charge in [-0.3, -0.25) is 4.68 Å². The molecule has 7 nitrogen and oxygen atoms in total. The van der Waals surface area contributed by atoms with Gasteiger partial charge in [0.15, 0.2) is 0 Å². The van der Waals surface area contributed by atoms with Crippen LogP contribution in [0.15, 0.2) is 22.8 Å². The van der Waals surface area contributed by atoms with Gasteiger partial charge in [0.05, 0.1) is 12.0 Å². The van der Waals surface area contributed by atoms with E-state index in [0.717, 1.165) is 23.4 Å². The van der Waals surface area contributed by atoms with E-state index in [-0.39, 0.29) is 18.1 Å². The number of rotatable bonds is 7. The van der Waals surface area contributed by atoms with Gasteiger partial charge >= 0.3 is 6.03 Å². The summed E-state index contributed by atoms with van der Waals surface area (Å²) < 4.78 is 7.03. The molecule has 25 heavy (non-hydrogen) atoms. The van der Waals surface area contributed by atoms with Gasteiger partial charge in [-0.2, -0.15) is 5.10 Å². The number of carbonyl (C=O) groups is 1. The zero-order chi connectivity index (χ0) is 18.6. The summed E-state index contributed by atoms with van der Waals surface area (Å²) in [6.45, 7) is 7.83. The lowest BCUT2D eigenvalue weighted by Crippen LogP contribution is -2.45. The van der Waals surface area contributed by atoms with Crippen LogP contribution in [0.25, 0.3) is 0 Å². The normalized spacial score (nSPS) is 14.8. The van der Waals surface area contributed by atoms with Crippen LogP contribution in [-0.4, -0.2) is 33.0 Å². The van der Waals surface area contributed by atoms with Crippen molar-refractivity contribution in [1.29, 1.82) is 0 Å². The molecule has 0 aromatic carbocycles. The average Bonchev–Trinajstić information content (AvgIpc) is 3.12. The molecule has 0 saturated heterocycles. The molecule has 2 aromatic heterocycles. The minimum absolute atomic E-state index is 0.0243. The lowest BCUT2D eigenvalue weighted by molar-refractivity contribution is 0.129. The zero-order valence-corrected chi connectivity index (χ0v) is 15.5. The van der Waals surface area contributed by atoms with E-state index in [1.54, 1.807) is 12.1 Å². The fraction of sp³-hybridized carbons (Fsp3) is 0.556. The van der Waals surface area contributed by atoms with Gasteiger partial charge in [0.25, 0.3) is 0 Å². The maximum Gasteiger partial charge on any atom is 0.315 e. The molecule has 3 unspecified atom stereocenters. The Morgan fingerprint density at radius 3 is 2.56 bits per heavy atom. The monoisotopic (exact) mass is 348 g/mol. The van der Waals surface area contributed by atoms with Gasteiger partial charge in [0.2, 0.25) is 0 Å². The smallest absolute Gasteiger partial charge is 0.315 e. The molecule has 138 valence electrons. The van der Waals surface area contributed by atoms with Gasteiger partial charge in [-0.1, -0.05) is 0 Å². The topological polar surface area (TPSA) is 92.3 Å². The van der Waals surface area contributed by atoms with Crippen molar-refractivity contribution in [2.45, 2.75) is 58.7 Å². The summed E-state index contributed by atoms with van der Waals surface area (Å²) in [4.78, 5) is 12.1. The maximum atomic E-state index is 12.1. The van der Waals surface area contributed by atoms with E-state index < -0.39 is 6.10 Å².